The molecule has 0 amide bonds. The first-order valence-electron chi connectivity index (χ1n) is 7.31. The average Bonchev–Trinajstić information content (AvgIpc) is 2.73. The summed E-state index contributed by atoms with van der Waals surface area (Å²) in [6, 6.07) is 0.396. The summed E-state index contributed by atoms with van der Waals surface area (Å²) in [7, 11) is -3.02. The van der Waals surface area contributed by atoms with Crippen LogP contribution in [0.3, 0.4) is 0 Å². The molecule has 1 aliphatic carbocycles. The summed E-state index contributed by atoms with van der Waals surface area (Å²) < 4.78 is 28.7. The molecule has 1 N–H and O–H groups in total. The average molecular weight is 289 g/mol. The van der Waals surface area contributed by atoms with E-state index in [2.05, 4.69) is 5.32 Å². The lowest BCUT2D eigenvalue weighted by molar-refractivity contribution is -0.0836. The Morgan fingerprint density at radius 2 is 1.95 bits per heavy atom. The highest BCUT2D eigenvalue weighted by atomic mass is 32.2. The van der Waals surface area contributed by atoms with Crippen molar-refractivity contribution in [2.45, 2.75) is 68.8 Å². The summed E-state index contributed by atoms with van der Waals surface area (Å²) in [5, 5.41) is 3.46. The molecule has 0 aromatic carbocycles. The number of hydrogen-bond donors (Lipinski definition) is 1. The second-order valence-corrected chi connectivity index (χ2v) is 9.49. The van der Waals surface area contributed by atoms with Crippen LogP contribution >= 0.6 is 0 Å². The molecule has 0 aromatic heterocycles. The minimum atomic E-state index is -3.02. The highest BCUT2D eigenvalue weighted by Crippen LogP contribution is 2.40. The van der Waals surface area contributed by atoms with Gasteiger partial charge in [0.25, 0.3) is 0 Å². The van der Waals surface area contributed by atoms with Crippen LogP contribution in [0.15, 0.2) is 0 Å². The maximum absolute atomic E-state index is 11.7. The van der Waals surface area contributed by atoms with Gasteiger partial charge in [0, 0.05) is 25.4 Å². The summed E-state index contributed by atoms with van der Waals surface area (Å²) in [6.07, 6.45) is 8.20. The molecule has 1 unspecified atom stereocenters. The molecule has 0 bridgehead atoms. The van der Waals surface area contributed by atoms with E-state index in [-0.39, 0.29) is 5.60 Å². The highest BCUT2D eigenvalue weighted by molar-refractivity contribution is 7.92. The Labute approximate surface area is 117 Å². The Morgan fingerprint density at radius 1 is 1.32 bits per heavy atom. The molecular formula is C14H27NO3S. The summed E-state index contributed by atoms with van der Waals surface area (Å²) in [5.41, 5.74) is 0.0884. The van der Waals surface area contributed by atoms with Gasteiger partial charge in [-0.05, 0) is 39.5 Å². The van der Waals surface area contributed by atoms with Crippen molar-refractivity contribution in [2.75, 3.05) is 19.4 Å². The molecular weight excluding hydrogens is 262 g/mol. The lowest BCUT2D eigenvalue weighted by atomic mass is 9.89. The molecule has 4 nitrogen and oxygen atoms in total. The van der Waals surface area contributed by atoms with Crippen LogP contribution in [0.5, 0.6) is 0 Å². The Kier molecular flexibility index (Phi) is 4.29. The van der Waals surface area contributed by atoms with Crippen LogP contribution in [0, 0.1) is 0 Å². The number of nitrogens with one attached hydrogen (secondary N) is 1. The van der Waals surface area contributed by atoms with Gasteiger partial charge in [-0.3, -0.25) is 0 Å². The van der Waals surface area contributed by atoms with Gasteiger partial charge in [-0.1, -0.05) is 12.8 Å². The zero-order valence-electron chi connectivity index (χ0n) is 12.4. The van der Waals surface area contributed by atoms with Gasteiger partial charge in [-0.2, -0.15) is 0 Å². The van der Waals surface area contributed by atoms with Gasteiger partial charge in [0.1, 0.15) is 0 Å². The van der Waals surface area contributed by atoms with Gasteiger partial charge < -0.3 is 10.1 Å². The minimum absolute atomic E-state index is 0.0884. The predicted octanol–water partition coefficient (Wildman–Crippen LogP) is 1.89. The molecule has 2 aliphatic rings. The molecule has 1 heterocycles. The minimum Gasteiger partial charge on any atom is -0.375 e. The van der Waals surface area contributed by atoms with Crippen LogP contribution in [-0.4, -0.2) is 44.2 Å². The zero-order valence-corrected chi connectivity index (χ0v) is 13.2. The quantitative estimate of drug-likeness (QED) is 0.858. The molecule has 1 aliphatic heterocycles. The Bertz CT molecular complexity index is 410. The molecule has 0 aromatic rings. The van der Waals surface area contributed by atoms with Crippen LogP contribution < -0.4 is 5.32 Å². The van der Waals surface area contributed by atoms with E-state index in [1.165, 1.54) is 31.9 Å². The molecule has 112 valence electrons. The predicted molar refractivity (Wildman–Crippen MR) is 77.1 cm³/mol. The van der Waals surface area contributed by atoms with E-state index in [4.69, 9.17) is 4.74 Å². The van der Waals surface area contributed by atoms with Crippen molar-refractivity contribution in [1.82, 2.24) is 5.32 Å². The lowest BCUT2D eigenvalue weighted by Crippen LogP contribution is -2.50. The molecule has 2 fully saturated rings. The van der Waals surface area contributed by atoms with Gasteiger partial charge in [0.05, 0.1) is 10.3 Å². The molecule has 1 saturated heterocycles. The highest BCUT2D eigenvalue weighted by Gasteiger charge is 2.40. The summed E-state index contributed by atoms with van der Waals surface area (Å²) in [5.74, 6) is 0. The third kappa shape index (κ3) is 3.50. The largest absolute Gasteiger partial charge is 0.375 e. The van der Waals surface area contributed by atoms with Crippen molar-refractivity contribution < 1.29 is 13.2 Å². The van der Waals surface area contributed by atoms with Gasteiger partial charge in [0.15, 0.2) is 9.84 Å². The molecule has 5 heteroatoms. The fourth-order valence-corrected chi connectivity index (χ4v) is 3.44. The van der Waals surface area contributed by atoms with Crippen LogP contribution in [0.2, 0.25) is 0 Å². The second kappa shape index (κ2) is 5.34. The first-order valence-corrected chi connectivity index (χ1v) is 9.20. The van der Waals surface area contributed by atoms with Crippen molar-refractivity contribution in [3.05, 3.63) is 0 Å². The normalized spacial score (nSPS) is 27.8. The fraction of sp³-hybridized carbons (Fsp3) is 1.00. The third-order valence-corrected chi connectivity index (χ3v) is 6.98. The van der Waals surface area contributed by atoms with Gasteiger partial charge in [0.2, 0.25) is 0 Å². The monoisotopic (exact) mass is 289 g/mol. The van der Waals surface area contributed by atoms with Crippen LogP contribution in [0.4, 0.5) is 0 Å². The Hall–Kier alpha value is -0.130. The summed E-state index contributed by atoms with van der Waals surface area (Å²) >= 11 is 0. The van der Waals surface area contributed by atoms with Crippen LogP contribution in [0.1, 0.15) is 52.4 Å². The third-order valence-electron chi connectivity index (χ3n) is 4.83. The van der Waals surface area contributed by atoms with E-state index in [1.54, 1.807) is 13.8 Å². The summed E-state index contributed by atoms with van der Waals surface area (Å²) in [4.78, 5) is 0. The van der Waals surface area contributed by atoms with Crippen molar-refractivity contribution in [1.29, 1.82) is 0 Å². The van der Waals surface area contributed by atoms with Crippen LogP contribution in [-0.2, 0) is 14.6 Å². The van der Waals surface area contributed by atoms with Gasteiger partial charge in [-0.25, -0.2) is 8.42 Å². The van der Waals surface area contributed by atoms with Crippen LogP contribution in [0.25, 0.3) is 0 Å². The number of hydrogen-bond acceptors (Lipinski definition) is 4. The second-order valence-electron chi connectivity index (χ2n) is 6.84. The molecule has 19 heavy (non-hydrogen) atoms. The molecule has 1 spiro atoms. The first kappa shape index (κ1) is 15.3. The maximum atomic E-state index is 11.7. The molecule has 0 radical (unpaired) electrons. The zero-order chi connectivity index (χ0) is 14.1. The standard InChI is InChI=1S/C14H27NO3S/c1-13(2,19(3,16)17)11-15-12-6-9-18-14(10-12)7-4-5-8-14/h12,15H,4-11H2,1-3H3. The molecule has 1 saturated carbocycles. The van der Waals surface area contributed by atoms with E-state index in [0.717, 1.165) is 19.4 Å². The summed E-state index contributed by atoms with van der Waals surface area (Å²) in [6.45, 7) is 4.91. The fourth-order valence-electron chi connectivity index (χ4n) is 3.09. The van der Waals surface area contributed by atoms with E-state index in [1.807, 2.05) is 0 Å². The lowest BCUT2D eigenvalue weighted by Gasteiger charge is -2.39. The number of rotatable bonds is 4. The maximum Gasteiger partial charge on any atom is 0.153 e. The van der Waals surface area contributed by atoms with Crippen molar-refractivity contribution in [3.63, 3.8) is 0 Å². The first-order chi connectivity index (χ1) is 8.74. The van der Waals surface area contributed by atoms with Gasteiger partial charge >= 0.3 is 0 Å². The smallest absolute Gasteiger partial charge is 0.153 e. The number of sulfone groups is 1. The number of ether oxygens (including phenoxy) is 1. The van der Waals surface area contributed by atoms with E-state index >= 15 is 0 Å². The van der Waals surface area contributed by atoms with Gasteiger partial charge in [-0.15, -0.1) is 0 Å². The van der Waals surface area contributed by atoms with Crippen molar-refractivity contribution in [2.24, 2.45) is 0 Å². The van der Waals surface area contributed by atoms with E-state index < -0.39 is 14.6 Å². The Balaban J connectivity index is 1.90. The molecule has 2 rings (SSSR count). The van der Waals surface area contributed by atoms with Crippen molar-refractivity contribution >= 4 is 9.84 Å². The topological polar surface area (TPSA) is 55.4 Å². The SMILES string of the molecule is CC(C)(CNC1CCOC2(CCCC2)C1)S(C)(=O)=O. The Morgan fingerprint density at radius 3 is 2.53 bits per heavy atom. The van der Waals surface area contributed by atoms with E-state index in [0.29, 0.717) is 12.6 Å². The van der Waals surface area contributed by atoms with Crippen molar-refractivity contribution in [3.8, 4) is 0 Å². The molecule has 1 atom stereocenters. The van der Waals surface area contributed by atoms with E-state index in [9.17, 15) is 8.42 Å².